The molecule has 92 valence electrons. The Kier molecular flexibility index (Phi) is 3.89. The highest BCUT2D eigenvalue weighted by molar-refractivity contribution is 6.31. The number of hydrogen-bond donors (Lipinski definition) is 2. The largest absolute Gasteiger partial charge is 0.335 e. The van der Waals surface area contributed by atoms with Crippen LogP contribution in [0.15, 0.2) is 18.2 Å². The molecule has 0 aliphatic heterocycles. The van der Waals surface area contributed by atoms with Gasteiger partial charge in [0.2, 0.25) is 0 Å². The van der Waals surface area contributed by atoms with Crippen LogP contribution in [0.4, 0.5) is 10.5 Å². The number of rotatable bonds is 2. The van der Waals surface area contributed by atoms with Gasteiger partial charge in [0.05, 0.1) is 0 Å². The Labute approximate surface area is 107 Å². The van der Waals surface area contributed by atoms with Crippen LogP contribution in [-0.4, -0.2) is 12.1 Å². The first kappa shape index (κ1) is 12.2. The van der Waals surface area contributed by atoms with Gasteiger partial charge in [0.15, 0.2) is 0 Å². The Morgan fingerprint density at radius 1 is 1.35 bits per heavy atom. The van der Waals surface area contributed by atoms with Crippen LogP contribution in [0.1, 0.15) is 31.2 Å². The molecule has 2 N–H and O–H groups in total. The summed E-state index contributed by atoms with van der Waals surface area (Å²) >= 11 is 6.00. The van der Waals surface area contributed by atoms with E-state index in [-0.39, 0.29) is 6.03 Å². The van der Waals surface area contributed by atoms with Crippen LogP contribution in [0.5, 0.6) is 0 Å². The molecule has 0 radical (unpaired) electrons. The molecule has 0 spiro atoms. The number of urea groups is 1. The van der Waals surface area contributed by atoms with Crippen molar-refractivity contribution in [1.82, 2.24) is 5.32 Å². The van der Waals surface area contributed by atoms with Crippen LogP contribution < -0.4 is 10.6 Å². The third-order valence-electron chi connectivity index (χ3n) is 3.21. The maximum absolute atomic E-state index is 11.8. The Hall–Kier alpha value is -1.22. The van der Waals surface area contributed by atoms with Crippen molar-refractivity contribution in [2.75, 3.05) is 5.32 Å². The summed E-state index contributed by atoms with van der Waals surface area (Å²) in [4.78, 5) is 11.8. The second kappa shape index (κ2) is 5.41. The molecule has 1 aromatic carbocycles. The quantitative estimate of drug-likeness (QED) is 0.828. The summed E-state index contributed by atoms with van der Waals surface area (Å²) in [7, 11) is 0. The molecule has 3 nitrogen and oxygen atoms in total. The second-order valence-electron chi connectivity index (χ2n) is 4.49. The van der Waals surface area contributed by atoms with Crippen molar-refractivity contribution >= 4 is 23.3 Å². The van der Waals surface area contributed by atoms with Gasteiger partial charge in [0.25, 0.3) is 0 Å². The van der Waals surface area contributed by atoms with E-state index < -0.39 is 0 Å². The number of amides is 2. The first-order chi connectivity index (χ1) is 8.16. The van der Waals surface area contributed by atoms with E-state index in [4.69, 9.17) is 11.6 Å². The third-order valence-corrected chi connectivity index (χ3v) is 3.62. The Morgan fingerprint density at radius 3 is 2.76 bits per heavy atom. The monoisotopic (exact) mass is 252 g/mol. The van der Waals surface area contributed by atoms with Gasteiger partial charge >= 0.3 is 6.03 Å². The predicted octanol–water partition coefficient (Wildman–Crippen LogP) is 3.71. The highest BCUT2D eigenvalue weighted by atomic mass is 35.5. The normalized spacial score (nSPS) is 15.9. The maximum Gasteiger partial charge on any atom is 0.319 e. The van der Waals surface area contributed by atoms with Crippen LogP contribution in [0.2, 0.25) is 5.02 Å². The molecule has 2 amide bonds. The standard InChI is InChI=1S/C13H17ClN2O/c1-9-11(14)7-4-8-12(9)16-13(17)15-10-5-2-3-6-10/h4,7-8,10H,2-3,5-6H2,1H3,(H2,15,16,17). The molecular formula is C13H17ClN2O. The minimum Gasteiger partial charge on any atom is -0.335 e. The smallest absolute Gasteiger partial charge is 0.319 e. The first-order valence-electron chi connectivity index (χ1n) is 5.99. The molecule has 17 heavy (non-hydrogen) atoms. The SMILES string of the molecule is Cc1c(Cl)cccc1NC(=O)NC1CCCC1. The van der Waals surface area contributed by atoms with Gasteiger partial charge in [-0.15, -0.1) is 0 Å². The van der Waals surface area contributed by atoms with Crippen molar-refractivity contribution in [2.45, 2.75) is 38.6 Å². The molecule has 1 aliphatic rings. The van der Waals surface area contributed by atoms with Gasteiger partial charge in [0, 0.05) is 16.8 Å². The zero-order chi connectivity index (χ0) is 12.3. The molecule has 0 heterocycles. The molecule has 0 unspecified atom stereocenters. The third kappa shape index (κ3) is 3.13. The highest BCUT2D eigenvalue weighted by Gasteiger charge is 2.17. The van der Waals surface area contributed by atoms with Gasteiger partial charge in [-0.05, 0) is 37.5 Å². The van der Waals surface area contributed by atoms with Crippen molar-refractivity contribution < 1.29 is 4.79 Å². The molecule has 4 heteroatoms. The lowest BCUT2D eigenvalue weighted by molar-refractivity contribution is 0.248. The summed E-state index contributed by atoms with van der Waals surface area (Å²) < 4.78 is 0. The van der Waals surface area contributed by atoms with E-state index in [2.05, 4.69) is 10.6 Å². The van der Waals surface area contributed by atoms with Crippen molar-refractivity contribution in [3.05, 3.63) is 28.8 Å². The Bertz CT molecular complexity index is 414. The molecule has 0 atom stereocenters. The molecule has 0 aromatic heterocycles. The second-order valence-corrected chi connectivity index (χ2v) is 4.90. The summed E-state index contributed by atoms with van der Waals surface area (Å²) in [6, 6.07) is 5.70. The molecule has 1 saturated carbocycles. The number of benzene rings is 1. The average molecular weight is 253 g/mol. The molecule has 0 bridgehead atoms. The van der Waals surface area contributed by atoms with Crippen molar-refractivity contribution in [2.24, 2.45) is 0 Å². The first-order valence-corrected chi connectivity index (χ1v) is 6.37. The average Bonchev–Trinajstić information content (AvgIpc) is 2.77. The predicted molar refractivity (Wildman–Crippen MR) is 70.6 cm³/mol. The van der Waals surface area contributed by atoms with Crippen LogP contribution in [0.3, 0.4) is 0 Å². The van der Waals surface area contributed by atoms with Gasteiger partial charge in [0.1, 0.15) is 0 Å². The Balaban J connectivity index is 1.95. The fourth-order valence-electron chi connectivity index (χ4n) is 2.16. The van der Waals surface area contributed by atoms with E-state index >= 15 is 0 Å². The molecule has 1 fully saturated rings. The van der Waals surface area contributed by atoms with Crippen LogP contribution in [0, 0.1) is 6.92 Å². The van der Waals surface area contributed by atoms with E-state index in [0.717, 1.165) is 24.1 Å². The zero-order valence-corrected chi connectivity index (χ0v) is 10.7. The van der Waals surface area contributed by atoms with Gasteiger partial charge in [-0.2, -0.15) is 0 Å². The number of carbonyl (C=O) groups is 1. The lowest BCUT2D eigenvalue weighted by Gasteiger charge is -2.14. The van der Waals surface area contributed by atoms with E-state index in [1.807, 2.05) is 25.1 Å². The van der Waals surface area contributed by atoms with Crippen molar-refractivity contribution in [3.63, 3.8) is 0 Å². The number of hydrogen-bond acceptors (Lipinski definition) is 1. The summed E-state index contributed by atoms with van der Waals surface area (Å²) in [5.41, 5.74) is 1.67. The van der Waals surface area contributed by atoms with Crippen molar-refractivity contribution in [1.29, 1.82) is 0 Å². The zero-order valence-electron chi connectivity index (χ0n) is 9.92. The molecule has 1 aromatic rings. The molecule has 1 aliphatic carbocycles. The fourth-order valence-corrected chi connectivity index (χ4v) is 2.33. The number of carbonyl (C=O) groups excluding carboxylic acids is 1. The lowest BCUT2D eigenvalue weighted by atomic mass is 10.2. The van der Waals surface area contributed by atoms with Gasteiger partial charge in [-0.1, -0.05) is 30.5 Å². The summed E-state index contributed by atoms with van der Waals surface area (Å²) in [6.07, 6.45) is 4.59. The van der Waals surface area contributed by atoms with E-state index in [9.17, 15) is 4.79 Å². The molecule has 2 rings (SSSR count). The minimum absolute atomic E-state index is 0.137. The molecular weight excluding hydrogens is 236 g/mol. The summed E-state index contributed by atoms with van der Waals surface area (Å²) in [6.45, 7) is 1.90. The van der Waals surface area contributed by atoms with E-state index in [1.54, 1.807) is 0 Å². The van der Waals surface area contributed by atoms with Gasteiger partial charge in [-0.25, -0.2) is 4.79 Å². The van der Waals surface area contributed by atoms with Gasteiger partial charge < -0.3 is 10.6 Å². The number of nitrogens with one attached hydrogen (secondary N) is 2. The fraction of sp³-hybridized carbons (Fsp3) is 0.462. The number of anilines is 1. The Morgan fingerprint density at radius 2 is 2.06 bits per heavy atom. The molecule has 0 saturated heterocycles. The van der Waals surface area contributed by atoms with Crippen LogP contribution in [0.25, 0.3) is 0 Å². The minimum atomic E-state index is -0.137. The maximum atomic E-state index is 11.8. The van der Waals surface area contributed by atoms with E-state index in [1.165, 1.54) is 12.8 Å². The summed E-state index contributed by atoms with van der Waals surface area (Å²) in [5.74, 6) is 0. The highest BCUT2D eigenvalue weighted by Crippen LogP contribution is 2.23. The lowest BCUT2D eigenvalue weighted by Crippen LogP contribution is -2.36. The van der Waals surface area contributed by atoms with Gasteiger partial charge in [-0.3, -0.25) is 0 Å². The van der Waals surface area contributed by atoms with Crippen LogP contribution >= 0.6 is 11.6 Å². The van der Waals surface area contributed by atoms with E-state index in [0.29, 0.717) is 11.1 Å². The number of halogens is 1. The van der Waals surface area contributed by atoms with Crippen molar-refractivity contribution in [3.8, 4) is 0 Å². The summed E-state index contributed by atoms with van der Waals surface area (Å²) in [5, 5.41) is 6.49. The topological polar surface area (TPSA) is 41.1 Å². The van der Waals surface area contributed by atoms with Crippen LogP contribution in [-0.2, 0) is 0 Å².